The van der Waals surface area contributed by atoms with Gasteiger partial charge in [-0.25, -0.2) is 0 Å². The highest BCUT2D eigenvalue weighted by Crippen LogP contribution is 2.16. The number of hydrogen-bond acceptors (Lipinski definition) is 3. The van der Waals surface area contributed by atoms with E-state index < -0.39 is 0 Å². The van der Waals surface area contributed by atoms with E-state index in [0.29, 0.717) is 17.0 Å². The minimum absolute atomic E-state index is 0.0273. The molecule has 27 heavy (non-hydrogen) atoms. The van der Waals surface area contributed by atoms with Gasteiger partial charge in [-0.05, 0) is 55.7 Å². The molecule has 0 heterocycles. The Morgan fingerprint density at radius 3 is 2.19 bits per heavy atom. The van der Waals surface area contributed by atoms with Crippen molar-refractivity contribution in [3.05, 3.63) is 59.7 Å². The maximum atomic E-state index is 12.6. The average molecular weight is 368 g/mol. The zero-order chi connectivity index (χ0) is 19.6. The number of nitrogens with one attached hydrogen (secondary N) is 1. The van der Waals surface area contributed by atoms with Crippen molar-refractivity contribution >= 4 is 17.5 Å². The third-order valence-corrected chi connectivity index (χ3v) is 4.14. The van der Waals surface area contributed by atoms with Crippen LogP contribution < -0.4 is 10.1 Å². The molecule has 1 N–H and O–H groups in total. The summed E-state index contributed by atoms with van der Waals surface area (Å²) in [5, 5.41) is 2.79. The van der Waals surface area contributed by atoms with Crippen LogP contribution in [0.1, 0.15) is 42.6 Å². The number of anilines is 1. The van der Waals surface area contributed by atoms with Crippen LogP contribution in [0.4, 0.5) is 5.69 Å². The van der Waals surface area contributed by atoms with Gasteiger partial charge in [0.15, 0.2) is 6.61 Å². The van der Waals surface area contributed by atoms with Crippen LogP contribution >= 0.6 is 0 Å². The van der Waals surface area contributed by atoms with Crippen molar-refractivity contribution in [3.63, 3.8) is 0 Å². The smallest absolute Gasteiger partial charge is 0.262 e. The molecule has 5 heteroatoms. The Hall–Kier alpha value is -2.82. The van der Waals surface area contributed by atoms with Gasteiger partial charge >= 0.3 is 0 Å². The van der Waals surface area contributed by atoms with Crippen LogP contribution in [-0.2, 0) is 4.79 Å². The molecule has 2 amide bonds. The van der Waals surface area contributed by atoms with Crippen molar-refractivity contribution in [1.82, 2.24) is 4.90 Å². The second-order valence-electron chi connectivity index (χ2n) is 6.47. The maximum absolute atomic E-state index is 12.6. The van der Waals surface area contributed by atoms with Crippen molar-refractivity contribution in [1.29, 1.82) is 0 Å². The van der Waals surface area contributed by atoms with Gasteiger partial charge < -0.3 is 15.0 Å². The normalized spacial score (nSPS) is 10.3. The molecule has 2 rings (SSSR count). The lowest BCUT2D eigenvalue weighted by Crippen LogP contribution is -2.32. The van der Waals surface area contributed by atoms with Gasteiger partial charge in [0.2, 0.25) is 0 Å². The van der Waals surface area contributed by atoms with Gasteiger partial charge in [0, 0.05) is 24.3 Å². The summed E-state index contributed by atoms with van der Waals surface area (Å²) in [5.74, 6) is 0.482. The van der Waals surface area contributed by atoms with E-state index in [0.717, 1.165) is 31.5 Å². The lowest BCUT2D eigenvalue weighted by atomic mass is 10.1. The monoisotopic (exact) mass is 368 g/mol. The summed E-state index contributed by atoms with van der Waals surface area (Å²) >= 11 is 0. The van der Waals surface area contributed by atoms with Crippen molar-refractivity contribution in [2.45, 2.75) is 33.6 Å². The number of carbonyl (C=O) groups excluding carboxylic acids is 2. The number of hydrogen-bond donors (Lipinski definition) is 1. The predicted molar refractivity (Wildman–Crippen MR) is 108 cm³/mol. The number of benzene rings is 2. The van der Waals surface area contributed by atoms with Gasteiger partial charge in [0.25, 0.3) is 11.8 Å². The Balaban J connectivity index is 1.91. The van der Waals surface area contributed by atoms with E-state index in [-0.39, 0.29) is 18.4 Å². The number of ether oxygens (including phenoxy) is 1. The topological polar surface area (TPSA) is 58.6 Å². The van der Waals surface area contributed by atoms with Crippen molar-refractivity contribution in [2.75, 3.05) is 25.0 Å². The molecule has 0 radical (unpaired) electrons. The Labute approximate surface area is 161 Å². The molecule has 5 nitrogen and oxygen atoms in total. The summed E-state index contributed by atoms with van der Waals surface area (Å²) in [6.07, 6.45) is 1.86. The first kappa shape index (κ1) is 20.5. The molecule has 0 fully saturated rings. The van der Waals surface area contributed by atoms with Crippen LogP contribution in [-0.4, -0.2) is 36.4 Å². The SMILES string of the molecule is CCCN(CCC)C(=O)c1ccc(NC(=O)COc2ccccc2C)cc1. The van der Waals surface area contributed by atoms with Crippen LogP contribution in [0.5, 0.6) is 5.75 Å². The largest absolute Gasteiger partial charge is 0.483 e. The van der Waals surface area contributed by atoms with Gasteiger partial charge in [-0.3, -0.25) is 9.59 Å². The van der Waals surface area contributed by atoms with Crippen LogP contribution in [0, 0.1) is 6.92 Å². The fourth-order valence-electron chi connectivity index (χ4n) is 2.79. The van der Waals surface area contributed by atoms with Crippen LogP contribution in [0.2, 0.25) is 0 Å². The summed E-state index contributed by atoms with van der Waals surface area (Å²) in [4.78, 5) is 26.5. The fraction of sp³-hybridized carbons (Fsp3) is 0.364. The summed E-state index contributed by atoms with van der Waals surface area (Å²) in [7, 11) is 0. The van der Waals surface area contributed by atoms with E-state index in [4.69, 9.17) is 4.74 Å². The molecular formula is C22H28N2O3. The van der Waals surface area contributed by atoms with Gasteiger partial charge in [-0.1, -0.05) is 32.0 Å². The highest BCUT2D eigenvalue weighted by Gasteiger charge is 2.14. The second kappa shape index (κ2) is 10.4. The quantitative estimate of drug-likeness (QED) is 0.719. The van der Waals surface area contributed by atoms with E-state index >= 15 is 0 Å². The van der Waals surface area contributed by atoms with Crippen LogP contribution in [0.25, 0.3) is 0 Å². The van der Waals surface area contributed by atoms with Gasteiger partial charge in [0.05, 0.1) is 0 Å². The maximum Gasteiger partial charge on any atom is 0.262 e. The Kier molecular flexibility index (Phi) is 7.86. The van der Waals surface area contributed by atoms with E-state index in [1.165, 1.54) is 0 Å². The number of amides is 2. The van der Waals surface area contributed by atoms with Crippen molar-refractivity contribution < 1.29 is 14.3 Å². The first-order valence-electron chi connectivity index (χ1n) is 9.42. The molecule has 0 aliphatic carbocycles. The number of nitrogens with zero attached hydrogens (tertiary/aromatic N) is 1. The molecule has 2 aromatic carbocycles. The fourth-order valence-corrected chi connectivity index (χ4v) is 2.79. The molecule has 0 saturated carbocycles. The molecule has 144 valence electrons. The summed E-state index contributed by atoms with van der Waals surface area (Å²) in [6, 6.07) is 14.6. The highest BCUT2D eigenvalue weighted by atomic mass is 16.5. The molecule has 0 saturated heterocycles. The Bertz CT molecular complexity index is 750. The zero-order valence-electron chi connectivity index (χ0n) is 16.3. The van der Waals surface area contributed by atoms with E-state index in [1.54, 1.807) is 24.3 Å². The van der Waals surface area contributed by atoms with E-state index in [1.807, 2.05) is 36.1 Å². The predicted octanol–water partition coefficient (Wildman–Crippen LogP) is 4.27. The van der Waals surface area contributed by atoms with Crippen molar-refractivity contribution in [2.24, 2.45) is 0 Å². The molecule has 0 atom stereocenters. The number of aryl methyl sites for hydroxylation is 1. The van der Waals surface area contributed by atoms with Gasteiger partial charge in [-0.15, -0.1) is 0 Å². The van der Waals surface area contributed by atoms with E-state index in [2.05, 4.69) is 19.2 Å². The Morgan fingerprint density at radius 1 is 0.963 bits per heavy atom. The number of para-hydroxylation sites is 1. The second-order valence-corrected chi connectivity index (χ2v) is 6.47. The third-order valence-electron chi connectivity index (χ3n) is 4.14. The van der Waals surface area contributed by atoms with Crippen LogP contribution in [0.15, 0.2) is 48.5 Å². The molecule has 0 aliphatic rings. The van der Waals surface area contributed by atoms with Crippen LogP contribution in [0.3, 0.4) is 0 Å². The van der Waals surface area contributed by atoms with Crippen molar-refractivity contribution in [3.8, 4) is 5.75 Å². The molecule has 0 spiro atoms. The zero-order valence-corrected chi connectivity index (χ0v) is 16.3. The van der Waals surface area contributed by atoms with Gasteiger partial charge in [0.1, 0.15) is 5.75 Å². The highest BCUT2D eigenvalue weighted by molar-refractivity contribution is 5.96. The molecular weight excluding hydrogens is 340 g/mol. The minimum Gasteiger partial charge on any atom is -0.483 e. The molecule has 0 unspecified atom stereocenters. The molecule has 2 aromatic rings. The first-order chi connectivity index (χ1) is 13.0. The molecule has 0 aromatic heterocycles. The lowest BCUT2D eigenvalue weighted by Gasteiger charge is -2.21. The minimum atomic E-state index is -0.240. The summed E-state index contributed by atoms with van der Waals surface area (Å²) in [6.45, 7) is 7.50. The summed E-state index contributed by atoms with van der Waals surface area (Å²) < 4.78 is 5.55. The van der Waals surface area contributed by atoms with Gasteiger partial charge in [-0.2, -0.15) is 0 Å². The molecule has 0 aliphatic heterocycles. The average Bonchev–Trinajstić information content (AvgIpc) is 2.67. The standard InChI is InChI=1S/C22H28N2O3/c1-4-14-24(15-5-2)22(26)18-10-12-19(13-11-18)23-21(25)16-27-20-9-7-6-8-17(20)3/h6-13H,4-5,14-16H2,1-3H3,(H,23,25). The number of rotatable bonds is 9. The van der Waals surface area contributed by atoms with E-state index in [9.17, 15) is 9.59 Å². The Morgan fingerprint density at radius 2 is 1.59 bits per heavy atom. The third kappa shape index (κ3) is 6.13. The lowest BCUT2D eigenvalue weighted by molar-refractivity contribution is -0.118. The first-order valence-corrected chi connectivity index (χ1v) is 9.42. The number of carbonyl (C=O) groups is 2. The molecule has 0 bridgehead atoms. The summed E-state index contributed by atoms with van der Waals surface area (Å²) in [5.41, 5.74) is 2.26.